The van der Waals surface area contributed by atoms with E-state index in [2.05, 4.69) is 21.4 Å². The van der Waals surface area contributed by atoms with Crippen molar-refractivity contribution >= 4 is 23.2 Å². The molecule has 0 saturated carbocycles. The lowest BCUT2D eigenvalue weighted by Crippen LogP contribution is -2.42. The lowest BCUT2D eigenvalue weighted by molar-refractivity contribution is 0.0698. The molecule has 1 aromatic heterocycles. The van der Waals surface area contributed by atoms with Crippen molar-refractivity contribution in [2.24, 2.45) is 4.99 Å². The van der Waals surface area contributed by atoms with E-state index in [4.69, 9.17) is 0 Å². The van der Waals surface area contributed by atoms with Gasteiger partial charge in [0.15, 0.2) is 0 Å². The van der Waals surface area contributed by atoms with Gasteiger partial charge in [-0.2, -0.15) is 0 Å². The normalized spacial score (nSPS) is 26.5. The van der Waals surface area contributed by atoms with Crippen LogP contribution in [0.25, 0.3) is 10.9 Å². The smallest absolute Gasteiger partial charge is 0.337 e. The van der Waals surface area contributed by atoms with Crippen molar-refractivity contribution in [3.63, 3.8) is 0 Å². The van der Waals surface area contributed by atoms with Gasteiger partial charge in [-0.25, -0.2) is 4.79 Å². The quantitative estimate of drug-likeness (QED) is 0.691. The molecular weight excluding hydrogens is 302 g/mol. The van der Waals surface area contributed by atoms with Gasteiger partial charge in [-0.05, 0) is 38.7 Å². The monoisotopic (exact) mass is 325 g/mol. The number of aromatic nitrogens is 1. The molecule has 24 heavy (non-hydrogen) atoms. The number of carbonyl (C=O) groups is 1. The van der Waals surface area contributed by atoms with Gasteiger partial charge in [0.2, 0.25) is 0 Å². The maximum atomic E-state index is 11.6. The fourth-order valence-corrected chi connectivity index (χ4v) is 4.45. The van der Waals surface area contributed by atoms with Crippen LogP contribution in [0.5, 0.6) is 0 Å². The van der Waals surface area contributed by atoms with Gasteiger partial charge in [0.05, 0.1) is 11.9 Å². The van der Waals surface area contributed by atoms with Crippen LogP contribution in [0.3, 0.4) is 0 Å². The molecule has 1 N–H and O–H groups in total. The third-order valence-corrected chi connectivity index (χ3v) is 5.53. The van der Waals surface area contributed by atoms with Gasteiger partial charge in [-0.15, -0.1) is 0 Å². The Morgan fingerprint density at radius 2 is 1.96 bits per heavy atom. The molecule has 3 heterocycles. The first-order valence-electron chi connectivity index (χ1n) is 8.79. The fraction of sp³-hybridized carbons (Fsp3) is 0.474. The van der Waals surface area contributed by atoms with Crippen molar-refractivity contribution in [3.05, 3.63) is 36.0 Å². The van der Waals surface area contributed by atoms with Gasteiger partial charge in [0, 0.05) is 41.8 Å². The number of rotatable bonds is 4. The summed E-state index contributed by atoms with van der Waals surface area (Å²) in [6.45, 7) is 2.88. The number of para-hydroxylation sites is 1. The first-order valence-corrected chi connectivity index (χ1v) is 8.79. The van der Waals surface area contributed by atoms with Crippen molar-refractivity contribution in [3.8, 4) is 0 Å². The second-order valence-electron chi connectivity index (χ2n) is 6.84. The van der Waals surface area contributed by atoms with Gasteiger partial charge in [-0.3, -0.25) is 4.99 Å². The molecule has 0 spiro atoms. The van der Waals surface area contributed by atoms with Crippen molar-refractivity contribution in [2.45, 2.75) is 50.7 Å². The van der Waals surface area contributed by atoms with Crippen molar-refractivity contribution in [1.82, 2.24) is 9.47 Å². The number of aromatic carboxylic acids is 1. The van der Waals surface area contributed by atoms with Crippen molar-refractivity contribution < 1.29 is 9.90 Å². The number of benzene rings is 1. The Bertz CT molecular complexity index is 781. The highest BCUT2D eigenvalue weighted by atomic mass is 16.4. The first kappa shape index (κ1) is 15.2. The molecule has 0 radical (unpaired) electrons. The Balaban J connectivity index is 1.68. The molecule has 5 nitrogen and oxygen atoms in total. The van der Waals surface area contributed by atoms with Crippen LogP contribution in [0.4, 0.5) is 0 Å². The summed E-state index contributed by atoms with van der Waals surface area (Å²) in [4.78, 5) is 18.4. The van der Waals surface area contributed by atoms with E-state index < -0.39 is 5.97 Å². The van der Waals surface area contributed by atoms with Gasteiger partial charge in [0.1, 0.15) is 0 Å². The summed E-state index contributed by atoms with van der Waals surface area (Å²) in [7, 11) is 0. The summed E-state index contributed by atoms with van der Waals surface area (Å²) < 4.78 is 2.21. The maximum absolute atomic E-state index is 11.6. The minimum atomic E-state index is -0.847. The van der Waals surface area contributed by atoms with Crippen molar-refractivity contribution in [2.75, 3.05) is 6.54 Å². The van der Waals surface area contributed by atoms with E-state index in [0.29, 0.717) is 23.7 Å². The van der Waals surface area contributed by atoms with E-state index in [1.165, 1.54) is 12.8 Å². The van der Waals surface area contributed by atoms with E-state index in [0.717, 1.165) is 30.3 Å². The Morgan fingerprint density at radius 1 is 1.25 bits per heavy atom. The molecule has 0 amide bonds. The SMILES string of the molecule is CCN=CN1C2CCC1CC(n1cc(C(=O)O)c3ccccc31)C2. The lowest BCUT2D eigenvalue weighted by Gasteiger charge is -2.38. The van der Waals surface area contributed by atoms with E-state index >= 15 is 0 Å². The number of fused-ring (bicyclic) bond motifs is 3. The predicted molar refractivity (Wildman–Crippen MR) is 94.9 cm³/mol. The molecule has 0 aliphatic carbocycles. The summed E-state index contributed by atoms with van der Waals surface area (Å²) in [5, 5.41) is 10.4. The molecule has 2 fully saturated rings. The molecule has 2 bridgehead atoms. The minimum Gasteiger partial charge on any atom is -0.478 e. The zero-order valence-corrected chi connectivity index (χ0v) is 13.9. The number of nitrogens with zero attached hydrogens (tertiary/aromatic N) is 3. The van der Waals surface area contributed by atoms with E-state index in [1.54, 1.807) is 0 Å². The summed E-state index contributed by atoms with van der Waals surface area (Å²) in [6.07, 6.45) is 8.42. The van der Waals surface area contributed by atoms with Crippen molar-refractivity contribution in [1.29, 1.82) is 0 Å². The predicted octanol–water partition coefficient (Wildman–Crippen LogP) is 3.56. The van der Waals surface area contributed by atoms with Crippen LogP contribution in [0.15, 0.2) is 35.5 Å². The molecule has 1 aromatic carbocycles. The molecule has 4 rings (SSSR count). The number of carboxylic acid groups (broad SMARTS) is 1. The summed E-state index contributed by atoms with van der Waals surface area (Å²) >= 11 is 0. The number of carboxylic acids is 1. The largest absolute Gasteiger partial charge is 0.478 e. The lowest BCUT2D eigenvalue weighted by atomic mass is 9.97. The topological polar surface area (TPSA) is 57.8 Å². The van der Waals surface area contributed by atoms with Crippen LogP contribution in [-0.4, -0.2) is 45.5 Å². The third-order valence-electron chi connectivity index (χ3n) is 5.53. The Hall–Kier alpha value is -2.30. The van der Waals surface area contributed by atoms with Gasteiger partial charge in [-0.1, -0.05) is 18.2 Å². The standard InChI is InChI=1S/C19H23N3O2/c1-2-20-12-22-13-7-8-14(22)10-15(9-13)21-11-17(19(23)24)16-5-3-4-6-18(16)21/h3-6,11-15H,2,7-10H2,1H3,(H,23,24). The second kappa shape index (κ2) is 5.96. The molecular formula is C19H23N3O2. The van der Waals surface area contributed by atoms with Crippen LogP contribution < -0.4 is 0 Å². The van der Waals surface area contributed by atoms with Gasteiger partial charge in [0.25, 0.3) is 0 Å². The second-order valence-corrected chi connectivity index (χ2v) is 6.84. The van der Waals surface area contributed by atoms with Crippen LogP contribution in [0.2, 0.25) is 0 Å². The number of hydrogen-bond acceptors (Lipinski definition) is 2. The maximum Gasteiger partial charge on any atom is 0.337 e. The zero-order valence-electron chi connectivity index (χ0n) is 13.9. The molecule has 2 aromatic rings. The average molecular weight is 325 g/mol. The number of aliphatic imine (C=N–C) groups is 1. The van der Waals surface area contributed by atoms with E-state index in [9.17, 15) is 9.90 Å². The average Bonchev–Trinajstić information content (AvgIpc) is 3.08. The molecule has 2 aliphatic heterocycles. The van der Waals surface area contributed by atoms with Crippen LogP contribution in [0, 0.1) is 0 Å². The molecule has 2 aliphatic rings. The van der Waals surface area contributed by atoms with E-state index in [1.807, 2.05) is 36.8 Å². The van der Waals surface area contributed by atoms with E-state index in [-0.39, 0.29) is 0 Å². The summed E-state index contributed by atoms with van der Waals surface area (Å²) in [5.74, 6) is -0.847. The highest BCUT2D eigenvalue weighted by Gasteiger charge is 2.40. The Kier molecular flexibility index (Phi) is 3.79. The number of piperidine rings is 1. The first-order chi connectivity index (χ1) is 11.7. The third kappa shape index (κ3) is 2.39. The zero-order chi connectivity index (χ0) is 16.7. The van der Waals surface area contributed by atoms with Gasteiger partial charge < -0.3 is 14.6 Å². The molecule has 2 saturated heterocycles. The molecule has 126 valence electrons. The highest BCUT2D eigenvalue weighted by molar-refractivity contribution is 6.03. The highest BCUT2D eigenvalue weighted by Crippen LogP contribution is 2.41. The molecule has 5 heteroatoms. The number of hydrogen-bond donors (Lipinski definition) is 1. The van der Waals surface area contributed by atoms with Crippen LogP contribution in [-0.2, 0) is 0 Å². The summed E-state index contributed by atoms with van der Waals surface area (Å²) in [5.41, 5.74) is 1.45. The Morgan fingerprint density at radius 3 is 2.62 bits per heavy atom. The van der Waals surface area contributed by atoms with Crippen LogP contribution >= 0.6 is 0 Å². The van der Waals surface area contributed by atoms with Gasteiger partial charge >= 0.3 is 5.97 Å². The molecule has 2 unspecified atom stereocenters. The summed E-state index contributed by atoms with van der Waals surface area (Å²) in [6, 6.07) is 9.26. The minimum absolute atomic E-state index is 0.367. The van der Waals surface area contributed by atoms with Crippen LogP contribution in [0.1, 0.15) is 49.0 Å². The molecule has 2 atom stereocenters. The fourth-order valence-electron chi connectivity index (χ4n) is 4.45. The Labute approximate surface area is 141 Å².